The summed E-state index contributed by atoms with van der Waals surface area (Å²) in [6, 6.07) is 5.32. The second kappa shape index (κ2) is 6.22. The lowest BCUT2D eigenvalue weighted by Gasteiger charge is -2.15. The van der Waals surface area contributed by atoms with Gasteiger partial charge in [0.2, 0.25) is 11.8 Å². The molecule has 0 bridgehead atoms. The number of amides is 2. The lowest BCUT2D eigenvalue weighted by Crippen LogP contribution is -2.39. The Morgan fingerprint density at radius 1 is 1.41 bits per heavy atom. The molecule has 0 saturated carbocycles. The molecule has 120 valence electrons. The molecule has 1 saturated heterocycles. The fraction of sp³-hybridized carbons (Fsp3) is 0.385. The normalized spacial score (nSPS) is 21.4. The molecule has 2 unspecified atom stereocenters. The Labute approximate surface area is 123 Å². The van der Waals surface area contributed by atoms with Crippen LogP contribution in [-0.4, -0.2) is 35.9 Å². The van der Waals surface area contributed by atoms with Gasteiger partial charge < -0.3 is 20.5 Å². The smallest absolute Gasteiger partial charge is 0.405 e. The molecular formula is C13H13F3N2O4. The van der Waals surface area contributed by atoms with Gasteiger partial charge in [-0.2, -0.15) is 0 Å². The fourth-order valence-electron chi connectivity index (χ4n) is 2.07. The zero-order chi connectivity index (χ0) is 16.3. The maximum absolute atomic E-state index is 12.3. The maximum Gasteiger partial charge on any atom is 0.573 e. The molecule has 1 fully saturated rings. The first kappa shape index (κ1) is 16.1. The van der Waals surface area contributed by atoms with Crippen LogP contribution in [0.25, 0.3) is 0 Å². The van der Waals surface area contributed by atoms with Crippen LogP contribution >= 0.6 is 0 Å². The Kier molecular flexibility index (Phi) is 4.55. The van der Waals surface area contributed by atoms with Crippen molar-refractivity contribution in [3.8, 4) is 5.75 Å². The monoisotopic (exact) mass is 318 g/mol. The van der Waals surface area contributed by atoms with Crippen molar-refractivity contribution in [2.75, 3.05) is 6.54 Å². The third-order valence-corrected chi connectivity index (χ3v) is 3.09. The van der Waals surface area contributed by atoms with Crippen LogP contribution in [0.4, 0.5) is 13.2 Å². The molecule has 6 nitrogen and oxygen atoms in total. The van der Waals surface area contributed by atoms with Gasteiger partial charge in [-0.3, -0.25) is 9.59 Å². The van der Waals surface area contributed by atoms with Crippen LogP contribution in [0.5, 0.6) is 5.75 Å². The third-order valence-electron chi connectivity index (χ3n) is 3.09. The van der Waals surface area contributed by atoms with Crippen molar-refractivity contribution < 1.29 is 32.6 Å². The van der Waals surface area contributed by atoms with Crippen molar-refractivity contribution in [1.82, 2.24) is 10.6 Å². The number of hydrogen-bond donors (Lipinski definition) is 3. The summed E-state index contributed by atoms with van der Waals surface area (Å²) in [4.78, 5) is 23.2. The number of carbonyl (C=O) groups is 2. The molecule has 2 atom stereocenters. The van der Waals surface area contributed by atoms with Crippen LogP contribution in [0.2, 0.25) is 0 Å². The van der Waals surface area contributed by atoms with E-state index in [1.165, 1.54) is 18.2 Å². The minimum Gasteiger partial charge on any atom is -0.405 e. The number of carbonyl (C=O) groups excluding carboxylic acids is 2. The summed E-state index contributed by atoms with van der Waals surface area (Å²) in [5, 5.41) is 14.2. The van der Waals surface area contributed by atoms with Crippen molar-refractivity contribution in [2.45, 2.75) is 19.0 Å². The average molecular weight is 318 g/mol. The summed E-state index contributed by atoms with van der Waals surface area (Å²) < 4.78 is 40.7. The van der Waals surface area contributed by atoms with Crippen LogP contribution in [-0.2, 0) is 16.1 Å². The maximum atomic E-state index is 12.3. The van der Waals surface area contributed by atoms with E-state index in [1.54, 1.807) is 0 Å². The number of alkyl halides is 3. The first-order valence-corrected chi connectivity index (χ1v) is 6.35. The Bertz CT molecular complexity index is 577. The lowest BCUT2D eigenvalue weighted by molar-refractivity contribution is -0.274. The first-order valence-electron chi connectivity index (χ1n) is 6.35. The first-order chi connectivity index (χ1) is 10.3. The van der Waals surface area contributed by atoms with Gasteiger partial charge in [-0.1, -0.05) is 18.2 Å². The minimum absolute atomic E-state index is 0.0370. The fourth-order valence-corrected chi connectivity index (χ4v) is 2.07. The van der Waals surface area contributed by atoms with Gasteiger partial charge in [0.15, 0.2) is 0 Å². The van der Waals surface area contributed by atoms with E-state index in [1.807, 2.05) is 0 Å². The second-order valence-corrected chi connectivity index (χ2v) is 4.66. The summed E-state index contributed by atoms with van der Waals surface area (Å²) >= 11 is 0. The number of hydrogen-bond acceptors (Lipinski definition) is 4. The van der Waals surface area contributed by atoms with E-state index in [0.29, 0.717) is 0 Å². The van der Waals surface area contributed by atoms with E-state index in [-0.39, 0.29) is 18.7 Å². The van der Waals surface area contributed by atoms with Gasteiger partial charge in [0, 0.05) is 18.7 Å². The van der Waals surface area contributed by atoms with Gasteiger partial charge in [0.05, 0.1) is 6.10 Å². The summed E-state index contributed by atoms with van der Waals surface area (Å²) in [6.45, 7) is -0.299. The van der Waals surface area contributed by atoms with E-state index in [4.69, 9.17) is 0 Å². The zero-order valence-corrected chi connectivity index (χ0v) is 11.2. The molecule has 0 radical (unpaired) electrons. The molecule has 1 aliphatic rings. The number of aliphatic hydroxyl groups excluding tert-OH is 1. The van der Waals surface area contributed by atoms with Crippen LogP contribution < -0.4 is 15.4 Å². The molecular weight excluding hydrogens is 305 g/mol. The third kappa shape index (κ3) is 3.88. The number of nitrogens with one attached hydrogen (secondary N) is 2. The van der Waals surface area contributed by atoms with Crippen LogP contribution in [0.15, 0.2) is 24.3 Å². The van der Waals surface area contributed by atoms with Crippen LogP contribution in [0.3, 0.4) is 0 Å². The summed E-state index contributed by atoms with van der Waals surface area (Å²) in [6.07, 6.45) is -6.00. The molecule has 0 aromatic heterocycles. The number of ether oxygens (including phenoxy) is 1. The highest BCUT2D eigenvalue weighted by Gasteiger charge is 2.39. The van der Waals surface area contributed by atoms with Crippen LogP contribution in [0.1, 0.15) is 5.56 Å². The van der Waals surface area contributed by atoms with Gasteiger partial charge in [-0.25, -0.2) is 0 Å². The molecule has 9 heteroatoms. The van der Waals surface area contributed by atoms with Gasteiger partial charge in [0.1, 0.15) is 11.7 Å². The van der Waals surface area contributed by atoms with E-state index in [9.17, 15) is 27.9 Å². The van der Waals surface area contributed by atoms with E-state index >= 15 is 0 Å². The summed E-state index contributed by atoms with van der Waals surface area (Å²) in [5.74, 6) is -3.09. The highest BCUT2D eigenvalue weighted by Crippen LogP contribution is 2.26. The number of rotatable bonds is 4. The van der Waals surface area contributed by atoms with E-state index in [0.717, 1.165) is 6.07 Å². The highest BCUT2D eigenvalue weighted by atomic mass is 19.4. The van der Waals surface area contributed by atoms with Crippen molar-refractivity contribution in [2.24, 2.45) is 5.92 Å². The van der Waals surface area contributed by atoms with Gasteiger partial charge in [-0.15, -0.1) is 13.2 Å². The molecule has 1 aromatic carbocycles. The van der Waals surface area contributed by atoms with Crippen molar-refractivity contribution in [3.63, 3.8) is 0 Å². The Hall–Kier alpha value is -2.29. The molecule has 2 rings (SSSR count). The number of benzene rings is 1. The standard InChI is InChI=1S/C13H13F3N2O4/c14-13(15,16)22-9-4-2-1-3-7(9)5-17-11(20)10-8(19)6-18-12(10)21/h1-4,8,10,19H,5-6H2,(H,17,20)(H,18,21). The molecule has 1 heterocycles. The Morgan fingerprint density at radius 2 is 2.09 bits per heavy atom. The van der Waals surface area contributed by atoms with Crippen molar-refractivity contribution >= 4 is 11.8 Å². The average Bonchev–Trinajstić information content (AvgIpc) is 2.75. The molecule has 0 spiro atoms. The minimum atomic E-state index is -4.85. The predicted molar refractivity (Wildman–Crippen MR) is 67.5 cm³/mol. The molecule has 1 aromatic rings. The molecule has 3 N–H and O–H groups in total. The number of halogens is 3. The summed E-state index contributed by atoms with van der Waals surface area (Å²) in [7, 11) is 0. The predicted octanol–water partition coefficient (Wildman–Crippen LogP) is 0.308. The summed E-state index contributed by atoms with van der Waals surface area (Å²) in [5.41, 5.74) is 0.0982. The highest BCUT2D eigenvalue weighted by molar-refractivity contribution is 6.02. The topological polar surface area (TPSA) is 87.7 Å². The molecule has 0 aliphatic carbocycles. The second-order valence-electron chi connectivity index (χ2n) is 4.66. The quantitative estimate of drug-likeness (QED) is 0.697. The SMILES string of the molecule is O=C(NCc1ccccc1OC(F)(F)F)C1C(=O)NCC1O. The van der Waals surface area contributed by atoms with Gasteiger partial charge >= 0.3 is 6.36 Å². The van der Waals surface area contributed by atoms with Gasteiger partial charge in [-0.05, 0) is 6.07 Å². The zero-order valence-electron chi connectivity index (χ0n) is 11.2. The largest absolute Gasteiger partial charge is 0.573 e. The Morgan fingerprint density at radius 3 is 2.68 bits per heavy atom. The molecule has 2 amide bonds. The van der Waals surface area contributed by atoms with E-state index < -0.39 is 35.9 Å². The van der Waals surface area contributed by atoms with E-state index in [2.05, 4.69) is 15.4 Å². The van der Waals surface area contributed by atoms with Crippen molar-refractivity contribution in [3.05, 3.63) is 29.8 Å². The molecule has 22 heavy (non-hydrogen) atoms. The lowest BCUT2D eigenvalue weighted by atomic mass is 10.0. The number of aliphatic hydroxyl groups is 1. The number of para-hydroxylation sites is 1. The van der Waals surface area contributed by atoms with Gasteiger partial charge in [0.25, 0.3) is 0 Å². The van der Waals surface area contributed by atoms with Crippen LogP contribution in [0, 0.1) is 5.92 Å². The molecule has 1 aliphatic heterocycles. The Balaban J connectivity index is 2.02. The van der Waals surface area contributed by atoms with Crippen molar-refractivity contribution in [1.29, 1.82) is 0 Å². The number of β-amino-alcohol motifs (C(OH)–C–C–N with tert-alkyl or cyclic N) is 1.